The number of hydrogen-bond donors (Lipinski definition) is 0. The van der Waals surface area contributed by atoms with E-state index in [0.717, 1.165) is 25.3 Å². The fourth-order valence-corrected chi connectivity index (χ4v) is 3.16. The Kier molecular flexibility index (Phi) is 5.55. The lowest BCUT2D eigenvalue weighted by molar-refractivity contribution is -0.402. The number of carbonyl (C=O) groups excluding carboxylic acids is 1. The van der Waals surface area contributed by atoms with Crippen LogP contribution in [-0.4, -0.2) is 30.6 Å². The summed E-state index contributed by atoms with van der Waals surface area (Å²) in [5, 5.41) is 10.7. The monoisotopic (exact) mass is 409 g/mol. The first kappa shape index (κ1) is 19.0. The Morgan fingerprint density at radius 2 is 1.88 bits per heavy atom. The van der Waals surface area contributed by atoms with Crippen LogP contribution in [-0.2, 0) is 14.6 Å². The van der Waals surface area contributed by atoms with Crippen molar-refractivity contribution in [3.05, 3.63) is 51.7 Å². The number of hydrogen-bond acceptors (Lipinski definition) is 8. The first-order valence-electron chi connectivity index (χ1n) is 6.33. The molecule has 0 unspecified atom stereocenters. The molecule has 9 nitrogen and oxygen atoms in total. The van der Waals surface area contributed by atoms with Crippen molar-refractivity contribution >= 4 is 55.9 Å². The fraction of sp³-hybridized carbons (Fsp3) is 0.154. The summed E-state index contributed by atoms with van der Waals surface area (Å²) in [6, 6.07) is 4.59. The van der Waals surface area contributed by atoms with Gasteiger partial charge < -0.3 is 13.6 Å². The van der Waals surface area contributed by atoms with Crippen molar-refractivity contribution in [2.75, 3.05) is 7.11 Å². The maximum atomic E-state index is 12.3. The van der Waals surface area contributed by atoms with Gasteiger partial charge in [-0.25, -0.2) is 13.2 Å². The number of carbonyl (C=O) groups is 1. The Labute approximate surface area is 150 Å². The molecule has 2 heterocycles. The molecule has 0 aliphatic heterocycles. The lowest BCUT2D eigenvalue weighted by Crippen LogP contribution is -2.10. The minimum absolute atomic E-state index is 0.0630. The zero-order chi connectivity index (χ0) is 18.8. The van der Waals surface area contributed by atoms with Gasteiger partial charge in [-0.15, -0.1) is 0 Å². The average molecular weight is 410 g/mol. The van der Waals surface area contributed by atoms with Crippen LogP contribution in [0.2, 0.25) is 0 Å². The second-order valence-corrected chi connectivity index (χ2v) is 8.02. The number of halogens is 2. The van der Waals surface area contributed by atoms with Crippen LogP contribution >= 0.6 is 23.2 Å². The van der Waals surface area contributed by atoms with Crippen LogP contribution in [0.4, 0.5) is 5.88 Å². The van der Waals surface area contributed by atoms with E-state index in [1.54, 1.807) is 0 Å². The summed E-state index contributed by atoms with van der Waals surface area (Å²) in [5.41, 5.74) is 0. The van der Waals surface area contributed by atoms with Crippen LogP contribution < -0.4 is 0 Å². The molecule has 0 radical (unpaired) electrons. The Balaban J connectivity index is 2.57. The van der Waals surface area contributed by atoms with Gasteiger partial charge in [-0.05, 0) is 18.2 Å². The van der Waals surface area contributed by atoms with Crippen LogP contribution in [0, 0.1) is 10.1 Å². The third-order valence-electron chi connectivity index (χ3n) is 2.84. The van der Waals surface area contributed by atoms with Crippen LogP contribution in [0.5, 0.6) is 0 Å². The van der Waals surface area contributed by atoms with E-state index < -0.39 is 35.7 Å². The highest BCUT2D eigenvalue weighted by Gasteiger charge is 2.31. The number of ether oxygens (including phenoxy) is 1. The summed E-state index contributed by atoms with van der Waals surface area (Å²) >= 11 is 11.0. The van der Waals surface area contributed by atoms with Gasteiger partial charge in [0.05, 0.1) is 13.2 Å². The number of methoxy groups -OCH3 is 1. The van der Waals surface area contributed by atoms with Crippen molar-refractivity contribution in [1.29, 1.82) is 0 Å². The second kappa shape index (κ2) is 7.30. The lowest BCUT2D eigenvalue weighted by atomic mass is 10.3. The van der Waals surface area contributed by atoms with Crippen LogP contribution in [0.25, 0.3) is 11.0 Å². The quantitative estimate of drug-likeness (QED) is 0.307. The van der Waals surface area contributed by atoms with Gasteiger partial charge in [-0.2, -0.15) is 0 Å². The molecule has 0 N–H and O–H groups in total. The molecule has 0 amide bonds. The molecule has 25 heavy (non-hydrogen) atoms. The summed E-state index contributed by atoms with van der Waals surface area (Å²) < 4.78 is 37.3. The van der Waals surface area contributed by atoms with Gasteiger partial charge in [0, 0.05) is 6.08 Å². The molecule has 0 bridgehead atoms. The summed E-state index contributed by atoms with van der Waals surface area (Å²) in [5.74, 6) is -2.05. The third kappa shape index (κ3) is 4.03. The molecule has 0 saturated carbocycles. The minimum Gasteiger partial charge on any atom is -0.463 e. The van der Waals surface area contributed by atoms with Crippen molar-refractivity contribution in [2.24, 2.45) is 0 Å². The predicted octanol–water partition coefficient (Wildman–Crippen LogP) is 3.24. The molecule has 0 atom stereocenters. The zero-order valence-electron chi connectivity index (χ0n) is 12.3. The number of sulfone groups is 1. The van der Waals surface area contributed by atoms with Gasteiger partial charge >= 0.3 is 11.9 Å². The lowest BCUT2D eigenvalue weighted by Gasteiger charge is -2.06. The van der Waals surface area contributed by atoms with Gasteiger partial charge in [-0.3, -0.25) is 10.1 Å². The number of nitrogens with zero attached hydrogens (tertiary/aromatic N) is 1. The largest absolute Gasteiger partial charge is 0.463 e. The maximum Gasteiger partial charge on any atom is 0.433 e. The zero-order valence-corrected chi connectivity index (χ0v) is 14.7. The smallest absolute Gasteiger partial charge is 0.433 e. The normalized spacial score (nSPS) is 12.4. The maximum absolute atomic E-state index is 12.3. The Morgan fingerprint density at radius 1 is 1.24 bits per heavy atom. The molecule has 2 rings (SSSR count). The highest BCUT2D eigenvalue weighted by atomic mass is 35.5. The van der Waals surface area contributed by atoms with Crippen molar-refractivity contribution < 1.29 is 31.7 Å². The van der Waals surface area contributed by atoms with E-state index in [4.69, 9.17) is 32.0 Å². The number of nitro groups is 1. The summed E-state index contributed by atoms with van der Waals surface area (Å²) in [6.45, 7) is 0. The third-order valence-corrected chi connectivity index (χ3v) is 5.65. The fourth-order valence-electron chi connectivity index (χ4n) is 1.72. The summed E-state index contributed by atoms with van der Waals surface area (Å²) in [7, 11) is -3.18. The molecule has 0 aliphatic rings. The van der Waals surface area contributed by atoms with E-state index in [1.807, 2.05) is 0 Å². The Morgan fingerprint density at radius 3 is 2.40 bits per heavy atom. The highest BCUT2D eigenvalue weighted by Crippen LogP contribution is 2.33. The molecule has 0 spiro atoms. The molecule has 0 aromatic carbocycles. The number of alkyl halides is 2. The van der Waals surface area contributed by atoms with Crippen LogP contribution in [0.3, 0.4) is 0 Å². The number of furan rings is 2. The van der Waals surface area contributed by atoms with Crippen LogP contribution in [0.1, 0.15) is 22.1 Å². The van der Waals surface area contributed by atoms with Crippen molar-refractivity contribution in [3.63, 3.8) is 0 Å². The predicted molar refractivity (Wildman–Crippen MR) is 87.7 cm³/mol. The van der Waals surface area contributed by atoms with Crippen molar-refractivity contribution in [2.45, 2.75) is 4.17 Å². The molecular weight excluding hydrogens is 401 g/mol. The first-order chi connectivity index (χ1) is 11.7. The Hall–Kier alpha value is -2.30. The molecule has 2 aromatic heterocycles. The number of rotatable bonds is 6. The molecular formula is C13H9Cl2NO8S. The van der Waals surface area contributed by atoms with Crippen molar-refractivity contribution in [1.82, 2.24) is 0 Å². The topological polar surface area (TPSA) is 130 Å². The summed E-state index contributed by atoms with van der Waals surface area (Å²) in [4.78, 5) is 20.7. The molecule has 0 aliphatic carbocycles. The molecule has 12 heteroatoms. The van der Waals surface area contributed by atoms with E-state index in [2.05, 4.69) is 4.74 Å². The van der Waals surface area contributed by atoms with Crippen molar-refractivity contribution in [3.8, 4) is 0 Å². The van der Waals surface area contributed by atoms with Gasteiger partial charge in [0.15, 0.2) is 5.76 Å². The van der Waals surface area contributed by atoms with Gasteiger partial charge in [0.1, 0.15) is 15.6 Å². The molecule has 134 valence electrons. The standard InChI is InChI=1S/C13H9Cl2NO8S/c1-22-12(17)9-3-2-7(23-9)6-10(25(20,21)13(14)15)8-4-5-11(24-8)16(18)19/h2-6,13H,1H3. The van der Waals surface area contributed by atoms with Gasteiger partial charge in [0.2, 0.25) is 19.8 Å². The van der Waals surface area contributed by atoms with E-state index >= 15 is 0 Å². The van der Waals surface area contributed by atoms with E-state index in [9.17, 15) is 23.3 Å². The SMILES string of the molecule is COC(=O)c1ccc(C=C(c2ccc([N+](=O)[O-])o2)S(=O)(=O)C(Cl)Cl)o1. The van der Waals surface area contributed by atoms with Gasteiger partial charge in [0.25, 0.3) is 0 Å². The van der Waals surface area contributed by atoms with E-state index in [1.165, 1.54) is 12.1 Å². The molecule has 2 aromatic rings. The van der Waals surface area contributed by atoms with Crippen LogP contribution in [0.15, 0.2) is 33.1 Å². The number of esters is 1. The van der Waals surface area contributed by atoms with E-state index in [0.29, 0.717) is 0 Å². The Bertz CT molecular complexity index is 941. The molecule has 0 fully saturated rings. The summed E-state index contributed by atoms with van der Waals surface area (Å²) in [6.07, 6.45) is 0.974. The first-order valence-corrected chi connectivity index (χ1v) is 8.75. The van der Waals surface area contributed by atoms with E-state index in [-0.39, 0.29) is 17.3 Å². The highest BCUT2D eigenvalue weighted by molar-refractivity contribution is 8.03. The minimum atomic E-state index is -4.32. The average Bonchev–Trinajstić information content (AvgIpc) is 3.20. The second-order valence-electron chi connectivity index (χ2n) is 4.40. The molecule has 0 saturated heterocycles. The van der Waals surface area contributed by atoms with Gasteiger partial charge in [-0.1, -0.05) is 23.2 Å².